The Balaban J connectivity index is 0.000000321. The van der Waals surface area contributed by atoms with Crippen molar-refractivity contribution in [3.05, 3.63) is 52.6 Å². The Kier molecular flexibility index (Phi) is 21.5. The number of likely N-dealkylation sites (tertiary alicyclic amines) is 1. The fourth-order valence-corrected chi connectivity index (χ4v) is 6.98. The third-order valence-electron chi connectivity index (χ3n) is 9.70. The zero-order valence-electron chi connectivity index (χ0n) is 34.4. The van der Waals surface area contributed by atoms with Gasteiger partial charge in [0.1, 0.15) is 17.3 Å². The molecule has 2 fully saturated rings. The number of nitrogens with one attached hydrogen (secondary N) is 2. The lowest BCUT2D eigenvalue weighted by Crippen LogP contribution is -2.49. The second-order valence-electron chi connectivity index (χ2n) is 14.3. The predicted molar refractivity (Wildman–Crippen MR) is 216 cm³/mol. The molecule has 2 aliphatic heterocycles. The third-order valence-corrected chi connectivity index (χ3v) is 9.70. The van der Waals surface area contributed by atoms with Crippen molar-refractivity contribution in [1.82, 2.24) is 20.0 Å². The number of piperidine rings is 1. The van der Waals surface area contributed by atoms with Crippen molar-refractivity contribution in [2.24, 2.45) is 0 Å². The van der Waals surface area contributed by atoms with Crippen LogP contribution in [0.2, 0.25) is 0 Å². The SMILES string of the molecule is CC(=O)Oc1c(C)cc(C)cc1C.CCCN(CCC)C1CCOCC1.COc1ccc(NC=O)c(CCN(C)C2CCN(C(=O)NCC(C)=O)CC2)c1. The highest BCUT2D eigenvalue weighted by Gasteiger charge is 2.25. The Labute approximate surface area is 324 Å². The number of esters is 1. The highest BCUT2D eigenvalue weighted by Crippen LogP contribution is 2.25. The standard InChI is InChI=1S/C20H30N4O4.C11H23NO.C11H14O2/c1-15(26)13-21-20(27)24-10-7-17(8-11-24)23(2)9-6-16-12-18(28-3)4-5-19(16)22-14-25;1-3-7-12(8-4-2)11-5-9-13-10-6-11;1-7-5-8(2)11(9(3)6-7)13-10(4)12/h4-5,12,14,17H,6-11,13H2,1-3H3,(H,21,27)(H,22,25);11H,3-10H2,1-2H3;5-6H,1-4H3. The van der Waals surface area contributed by atoms with Gasteiger partial charge in [0.2, 0.25) is 6.41 Å². The summed E-state index contributed by atoms with van der Waals surface area (Å²) in [5, 5.41) is 5.39. The Morgan fingerprint density at radius 1 is 0.907 bits per heavy atom. The number of carbonyl (C=O) groups is 4. The van der Waals surface area contributed by atoms with E-state index in [0.717, 1.165) is 73.2 Å². The molecule has 0 aromatic heterocycles. The first-order valence-electron chi connectivity index (χ1n) is 19.5. The number of ether oxygens (including phenoxy) is 3. The number of likely N-dealkylation sites (N-methyl/N-ethyl adjacent to an activating group) is 1. The molecule has 2 N–H and O–H groups in total. The normalized spacial score (nSPS) is 14.7. The van der Waals surface area contributed by atoms with Crippen LogP contribution in [-0.4, -0.2) is 118 Å². The van der Waals surface area contributed by atoms with Crippen LogP contribution in [0, 0.1) is 20.8 Å². The van der Waals surface area contributed by atoms with E-state index in [4.69, 9.17) is 14.2 Å². The average Bonchev–Trinajstić information content (AvgIpc) is 3.15. The maximum atomic E-state index is 12.1. The van der Waals surface area contributed by atoms with Gasteiger partial charge in [-0.1, -0.05) is 31.5 Å². The molecule has 0 spiro atoms. The number of rotatable bonds is 15. The summed E-state index contributed by atoms with van der Waals surface area (Å²) in [7, 11) is 3.71. The predicted octanol–water partition coefficient (Wildman–Crippen LogP) is 6.33. The number of benzene rings is 2. The van der Waals surface area contributed by atoms with E-state index in [9.17, 15) is 19.2 Å². The van der Waals surface area contributed by atoms with Crippen molar-refractivity contribution in [1.29, 1.82) is 0 Å². The van der Waals surface area contributed by atoms with Crippen LogP contribution < -0.4 is 20.1 Å². The Morgan fingerprint density at radius 2 is 1.52 bits per heavy atom. The average molecular weight is 754 g/mol. The molecule has 2 aromatic carbocycles. The molecular weight excluding hydrogens is 686 g/mol. The summed E-state index contributed by atoms with van der Waals surface area (Å²) in [4.78, 5) is 51.4. The highest BCUT2D eigenvalue weighted by atomic mass is 16.5. The minimum Gasteiger partial charge on any atom is -0.497 e. The van der Waals surface area contributed by atoms with E-state index in [-0.39, 0.29) is 24.3 Å². The van der Waals surface area contributed by atoms with Crippen LogP contribution in [0.4, 0.5) is 10.5 Å². The number of aryl methyl sites for hydroxylation is 3. The number of anilines is 1. The molecule has 0 aliphatic carbocycles. The number of amides is 3. The molecule has 2 saturated heterocycles. The minimum atomic E-state index is -0.268. The first kappa shape index (κ1) is 46.2. The summed E-state index contributed by atoms with van der Waals surface area (Å²) in [5.41, 5.74) is 5.02. The first-order valence-corrected chi connectivity index (χ1v) is 19.5. The van der Waals surface area contributed by atoms with Gasteiger partial charge in [-0.3, -0.25) is 14.4 Å². The number of methoxy groups -OCH3 is 1. The molecule has 2 aromatic rings. The van der Waals surface area contributed by atoms with Gasteiger partial charge < -0.3 is 39.5 Å². The van der Waals surface area contributed by atoms with Crippen molar-refractivity contribution >= 4 is 29.9 Å². The van der Waals surface area contributed by atoms with E-state index in [1.165, 1.54) is 58.2 Å². The largest absolute Gasteiger partial charge is 0.497 e. The maximum absolute atomic E-state index is 12.1. The highest BCUT2D eigenvalue weighted by molar-refractivity contribution is 5.83. The number of hydrogen-bond donors (Lipinski definition) is 2. The van der Waals surface area contributed by atoms with Crippen LogP contribution in [0.15, 0.2) is 30.3 Å². The molecule has 0 radical (unpaired) electrons. The van der Waals surface area contributed by atoms with Crippen LogP contribution in [0.25, 0.3) is 0 Å². The van der Waals surface area contributed by atoms with Crippen molar-refractivity contribution in [3.8, 4) is 11.5 Å². The molecule has 54 heavy (non-hydrogen) atoms. The van der Waals surface area contributed by atoms with Gasteiger partial charge in [-0.05, 0) is 128 Å². The topological polar surface area (TPSA) is 130 Å². The van der Waals surface area contributed by atoms with Crippen LogP contribution in [0.3, 0.4) is 0 Å². The van der Waals surface area contributed by atoms with Gasteiger partial charge in [0.25, 0.3) is 0 Å². The Bertz CT molecular complexity index is 1430. The number of nitrogens with zero attached hydrogens (tertiary/aromatic N) is 3. The zero-order valence-corrected chi connectivity index (χ0v) is 34.4. The van der Waals surface area contributed by atoms with Gasteiger partial charge in [0, 0.05) is 57.5 Å². The second-order valence-corrected chi connectivity index (χ2v) is 14.3. The number of ketones is 1. The van der Waals surface area contributed by atoms with Gasteiger partial charge in [0.15, 0.2) is 0 Å². The molecule has 0 atom stereocenters. The number of carbonyl (C=O) groups excluding carboxylic acids is 4. The molecule has 2 aliphatic rings. The lowest BCUT2D eigenvalue weighted by Gasteiger charge is -2.36. The minimum absolute atomic E-state index is 0.0519. The molecule has 0 unspecified atom stereocenters. The fraction of sp³-hybridized carbons (Fsp3) is 0.619. The number of Topliss-reactive ketones (excluding diaryl/α,β-unsaturated/α-hetero) is 1. The van der Waals surface area contributed by atoms with Crippen LogP contribution in [0.5, 0.6) is 11.5 Å². The summed E-state index contributed by atoms with van der Waals surface area (Å²) in [6.45, 7) is 20.0. The van der Waals surface area contributed by atoms with E-state index < -0.39 is 0 Å². The number of urea groups is 1. The van der Waals surface area contributed by atoms with E-state index >= 15 is 0 Å². The Morgan fingerprint density at radius 3 is 2.04 bits per heavy atom. The first-order chi connectivity index (χ1) is 25.8. The smallest absolute Gasteiger partial charge is 0.317 e. The van der Waals surface area contributed by atoms with Crippen molar-refractivity contribution in [3.63, 3.8) is 0 Å². The summed E-state index contributed by atoms with van der Waals surface area (Å²) >= 11 is 0. The van der Waals surface area contributed by atoms with Gasteiger partial charge in [-0.15, -0.1) is 0 Å². The fourth-order valence-electron chi connectivity index (χ4n) is 6.98. The van der Waals surface area contributed by atoms with E-state index in [0.29, 0.717) is 31.3 Å². The van der Waals surface area contributed by atoms with Crippen molar-refractivity contribution in [2.45, 2.75) is 105 Å². The zero-order chi connectivity index (χ0) is 40.0. The van der Waals surface area contributed by atoms with Gasteiger partial charge in [-0.2, -0.15) is 0 Å². The maximum Gasteiger partial charge on any atom is 0.317 e. The quantitative estimate of drug-likeness (QED) is 0.122. The van der Waals surface area contributed by atoms with Crippen molar-refractivity contribution < 1.29 is 33.4 Å². The van der Waals surface area contributed by atoms with E-state index in [2.05, 4.69) is 41.3 Å². The molecule has 0 bridgehead atoms. The van der Waals surface area contributed by atoms with Gasteiger partial charge in [-0.25, -0.2) is 4.79 Å². The Hall–Kier alpha value is -4.00. The molecule has 0 saturated carbocycles. The molecule has 12 heteroatoms. The van der Waals surface area contributed by atoms with Crippen LogP contribution >= 0.6 is 0 Å². The second kappa shape index (κ2) is 25.1. The molecule has 3 amide bonds. The third kappa shape index (κ3) is 16.6. The number of hydrogen-bond acceptors (Lipinski definition) is 9. The monoisotopic (exact) mass is 754 g/mol. The molecular formula is C42H67N5O7. The molecule has 4 rings (SSSR count). The van der Waals surface area contributed by atoms with Crippen molar-refractivity contribution in [2.75, 3.05) is 72.0 Å². The summed E-state index contributed by atoms with van der Waals surface area (Å²) < 4.78 is 15.8. The molecule has 2 heterocycles. The lowest BCUT2D eigenvalue weighted by molar-refractivity contribution is -0.132. The van der Waals surface area contributed by atoms with Gasteiger partial charge >= 0.3 is 12.0 Å². The van der Waals surface area contributed by atoms with E-state index in [1.54, 1.807) is 12.0 Å². The van der Waals surface area contributed by atoms with Gasteiger partial charge in [0.05, 0.1) is 13.7 Å². The van der Waals surface area contributed by atoms with E-state index in [1.807, 2.05) is 51.1 Å². The molecule has 12 nitrogen and oxygen atoms in total. The molecule has 302 valence electrons. The van der Waals surface area contributed by atoms with Crippen LogP contribution in [0.1, 0.15) is 88.5 Å². The summed E-state index contributed by atoms with van der Waals surface area (Å²) in [6.07, 6.45) is 8.27. The summed E-state index contributed by atoms with van der Waals surface area (Å²) in [6, 6.07) is 10.7. The summed E-state index contributed by atoms with van der Waals surface area (Å²) in [5.74, 6) is 1.14. The van der Waals surface area contributed by atoms with Crippen LogP contribution in [-0.2, 0) is 25.5 Å². The lowest BCUT2D eigenvalue weighted by atomic mass is 10.0.